The molecular weight excluding hydrogens is 406 g/mol. The number of carbonyl (C=O) groups excluding carboxylic acids is 1. The van der Waals surface area contributed by atoms with E-state index in [9.17, 15) is 4.79 Å². The molecule has 1 aromatic carbocycles. The maximum atomic E-state index is 12.8. The smallest absolute Gasteiger partial charge is 0.261 e. The summed E-state index contributed by atoms with van der Waals surface area (Å²) < 4.78 is 10.6. The van der Waals surface area contributed by atoms with Crippen molar-refractivity contribution in [2.24, 2.45) is 0 Å². The van der Waals surface area contributed by atoms with E-state index in [1.54, 1.807) is 13.3 Å². The molecule has 0 radical (unpaired) electrons. The third-order valence-electron chi connectivity index (χ3n) is 5.74. The van der Waals surface area contributed by atoms with Crippen LogP contribution in [-0.4, -0.2) is 59.2 Å². The summed E-state index contributed by atoms with van der Waals surface area (Å²) in [4.78, 5) is 26.1. The number of rotatable bonds is 7. The lowest BCUT2D eigenvalue weighted by molar-refractivity contribution is -0.130. The van der Waals surface area contributed by atoms with Crippen LogP contribution in [0.4, 0.5) is 5.82 Å². The van der Waals surface area contributed by atoms with Crippen molar-refractivity contribution in [1.82, 2.24) is 20.0 Å². The van der Waals surface area contributed by atoms with Crippen molar-refractivity contribution in [3.05, 3.63) is 54.0 Å². The number of hydrogen-bond donors (Lipinski definition) is 0. The summed E-state index contributed by atoms with van der Waals surface area (Å²) in [5, 5.41) is 4.01. The zero-order valence-electron chi connectivity index (χ0n) is 18.7. The van der Waals surface area contributed by atoms with Gasteiger partial charge >= 0.3 is 0 Å². The van der Waals surface area contributed by atoms with Crippen LogP contribution in [0.5, 0.6) is 5.75 Å². The Kier molecular flexibility index (Phi) is 6.99. The fraction of sp³-hybridized carbons (Fsp3) is 0.417. The van der Waals surface area contributed by atoms with Crippen molar-refractivity contribution in [3.63, 3.8) is 0 Å². The Bertz CT molecular complexity index is 1030. The number of benzene rings is 1. The number of aromatic nitrogens is 3. The molecule has 1 aliphatic rings. The van der Waals surface area contributed by atoms with Gasteiger partial charge in [-0.1, -0.05) is 24.2 Å². The van der Waals surface area contributed by atoms with Crippen molar-refractivity contribution in [2.45, 2.75) is 32.6 Å². The standard InChI is InChI=1S/C24H29N5O3/c1-3-21-26-24(32-27-21)20-6-4-13-25-23(20)29-15-5-14-28(16-17-29)22(30)12-9-18-7-10-19(31-2)11-8-18/h4,6-8,10-11,13H,3,5,9,12,14-17H2,1-2H3. The van der Waals surface area contributed by atoms with E-state index in [0.717, 1.165) is 55.0 Å². The third-order valence-corrected chi connectivity index (χ3v) is 5.74. The molecule has 0 atom stereocenters. The average Bonchev–Trinajstić information content (AvgIpc) is 3.19. The number of hydrogen-bond acceptors (Lipinski definition) is 7. The van der Waals surface area contributed by atoms with Gasteiger partial charge in [-0.05, 0) is 42.7 Å². The molecule has 32 heavy (non-hydrogen) atoms. The first-order chi connectivity index (χ1) is 15.7. The maximum Gasteiger partial charge on any atom is 0.261 e. The van der Waals surface area contributed by atoms with Crippen molar-refractivity contribution >= 4 is 11.7 Å². The molecule has 1 aliphatic heterocycles. The van der Waals surface area contributed by atoms with E-state index >= 15 is 0 Å². The number of pyridine rings is 1. The minimum atomic E-state index is 0.188. The van der Waals surface area contributed by atoms with Gasteiger partial charge in [0.25, 0.3) is 5.89 Å². The van der Waals surface area contributed by atoms with Gasteiger partial charge < -0.3 is 19.1 Å². The molecule has 0 unspecified atom stereocenters. The molecular formula is C24H29N5O3. The quantitative estimate of drug-likeness (QED) is 0.562. The number of aryl methyl sites for hydroxylation is 2. The van der Waals surface area contributed by atoms with E-state index < -0.39 is 0 Å². The summed E-state index contributed by atoms with van der Waals surface area (Å²) in [7, 11) is 1.65. The molecule has 8 nitrogen and oxygen atoms in total. The van der Waals surface area contributed by atoms with E-state index in [-0.39, 0.29) is 5.91 Å². The van der Waals surface area contributed by atoms with Crippen LogP contribution in [0.1, 0.15) is 31.2 Å². The second-order valence-electron chi connectivity index (χ2n) is 7.81. The van der Waals surface area contributed by atoms with E-state index in [0.29, 0.717) is 31.2 Å². The van der Waals surface area contributed by atoms with Crippen molar-refractivity contribution in [2.75, 3.05) is 38.2 Å². The zero-order valence-corrected chi connectivity index (χ0v) is 18.7. The van der Waals surface area contributed by atoms with Crippen LogP contribution in [0.3, 0.4) is 0 Å². The normalized spacial score (nSPS) is 14.3. The van der Waals surface area contributed by atoms with Crippen molar-refractivity contribution < 1.29 is 14.1 Å². The second kappa shape index (κ2) is 10.3. The van der Waals surface area contributed by atoms with Gasteiger partial charge in [0.05, 0.1) is 12.7 Å². The highest BCUT2D eigenvalue weighted by Gasteiger charge is 2.23. The predicted molar refractivity (Wildman–Crippen MR) is 122 cm³/mol. The Balaban J connectivity index is 1.38. The number of carbonyl (C=O) groups is 1. The summed E-state index contributed by atoms with van der Waals surface area (Å²) >= 11 is 0. The van der Waals surface area contributed by atoms with Crippen molar-refractivity contribution in [3.8, 4) is 17.2 Å². The van der Waals surface area contributed by atoms with Gasteiger partial charge in [-0.25, -0.2) is 4.98 Å². The largest absolute Gasteiger partial charge is 0.497 e. The lowest BCUT2D eigenvalue weighted by atomic mass is 10.1. The molecule has 0 saturated carbocycles. The number of nitrogens with zero attached hydrogens (tertiary/aromatic N) is 5. The molecule has 0 bridgehead atoms. The van der Waals surface area contributed by atoms with Gasteiger partial charge in [0.2, 0.25) is 5.91 Å². The maximum absolute atomic E-state index is 12.8. The Morgan fingerprint density at radius 3 is 2.72 bits per heavy atom. The van der Waals surface area contributed by atoms with E-state index in [1.807, 2.05) is 48.2 Å². The molecule has 3 aromatic rings. The van der Waals surface area contributed by atoms with E-state index in [1.165, 1.54) is 0 Å². The minimum absolute atomic E-state index is 0.188. The molecule has 3 heterocycles. The molecule has 4 rings (SSSR count). The molecule has 168 valence electrons. The van der Waals surface area contributed by atoms with Gasteiger partial charge in [0.15, 0.2) is 5.82 Å². The van der Waals surface area contributed by atoms with Crippen molar-refractivity contribution in [1.29, 1.82) is 0 Å². The van der Waals surface area contributed by atoms with Gasteiger partial charge in [-0.2, -0.15) is 4.98 Å². The number of methoxy groups -OCH3 is 1. The second-order valence-corrected chi connectivity index (χ2v) is 7.81. The minimum Gasteiger partial charge on any atom is -0.497 e. The molecule has 0 spiro atoms. The molecule has 2 aromatic heterocycles. The summed E-state index contributed by atoms with van der Waals surface area (Å²) in [6, 6.07) is 11.7. The monoisotopic (exact) mass is 435 g/mol. The van der Waals surface area contributed by atoms with Gasteiger partial charge in [0, 0.05) is 45.2 Å². The first kappa shape index (κ1) is 21.8. The lowest BCUT2D eigenvalue weighted by Crippen LogP contribution is -2.35. The molecule has 1 amide bonds. The highest BCUT2D eigenvalue weighted by atomic mass is 16.5. The number of amides is 1. The average molecular weight is 436 g/mol. The Hall–Kier alpha value is -3.42. The first-order valence-electron chi connectivity index (χ1n) is 11.1. The van der Waals surface area contributed by atoms with Gasteiger partial charge in [0.1, 0.15) is 11.6 Å². The van der Waals surface area contributed by atoms with E-state index in [4.69, 9.17) is 9.26 Å². The van der Waals surface area contributed by atoms with Crippen LogP contribution in [0.2, 0.25) is 0 Å². The highest BCUT2D eigenvalue weighted by molar-refractivity contribution is 5.77. The van der Waals surface area contributed by atoms with Gasteiger partial charge in [-0.15, -0.1) is 0 Å². The van der Waals surface area contributed by atoms with Crippen LogP contribution in [0.15, 0.2) is 47.1 Å². The lowest BCUT2D eigenvalue weighted by Gasteiger charge is -2.24. The number of ether oxygens (including phenoxy) is 1. The van der Waals surface area contributed by atoms with Crippen LogP contribution in [0.25, 0.3) is 11.5 Å². The summed E-state index contributed by atoms with van der Waals surface area (Å²) in [6.45, 7) is 4.95. The third kappa shape index (κ3) is 5.07. The molecule has 1 fully saturated rings. The molecule has 0 N–H and O–H groups in total. The van der Waals surface area contributed by atoms with Crippen LogP contribution >= 0.6 is 0 Å². The fourth-order valence-corrected chi connectivity index (χ4v) is 3.90. The zero-order chi connectivity index (χ0) is 22.3. The van der Waals surface area contributed by atoms with Gasteiger partial charge in [-0.3, -0.25) is 4.79 Å². The summed E-state index contributed by atoms with van der Waals surface area (Å²) in [5.41, 5.74) is 1.97. The highest BCUT2D eigenvalue weighted by Crippen LogP contribution is 2.28. The van der Waals surface area contributed by atoms with Crippen LogP contribution < -0.4 is 9.64 Å². The summed E-state index contributed by atoms with van der Waals surface area (Å²) in [5.74, 6) is 3.01. The Morgan fingerprint density at radius 2 is 1.97 bits per heavy atom. The first-order valence-corrected chi connectivity index (χ1v) is 11.1. The summed E-state index contributed by atoms with van der Waals surface area (Å²) in [6.07, 6.45) is 4.61. The molecule has 8 heteroatoms. The van der Waals surface area contributed by atoms with E-state index in [2.05, 4.69) is 20.0 Å². The number of anilines is 1. The topological polar surface area (TPSA) is 84.6 Å². The molecule has 1 saturated heterocycles. The van der Waals surface area contributed by atoms with Crippen LogP contribution in [-0.2, 0) is 17.6 Å². The Morgan fingerprint density at radius 1 is 1.12 bits per heavy atom. The van der Waals surface area contributed by atoms with Crippen LogP contribution in [0, 0.1) is 0 Å². The SMILES string of the molecule is CCc1noc(-c2cccnc2N2CCCN(C(=O)CCc3ccc(OC)cc3)CC2)n1. The fourth-order valence-electron chi connectivity index (χ4n) is 3.90. The predicted octanol–water partition coefficient (Wildman–Crippen LogP) is 3.37. The Labute approximate surface area is 188 Å². The molecule has 0 aliphatic carbocycles.